The molecule has 98 valence electrons. The van der Waals surface area contributed by atoms with E-state index in [1.54, 1.807) is 17.4 Å². The number of aliphatic hydroxyl groups is 3. The lowest BCUT2D eigenvalue weighted by molar-refractivity contribution is -0.714. The maximum atomic E-state index is 10.5. The van der Waals surface area contributed by atoms with Crippen LogP contribution in [0.4, 0.5) is 5.69 Å². The summed E-state index contributed by atoms with van der Waals surface area (Å²) in [5.41, 5.74) is 0.661. The third-order valence-electron chi connectivity index (χ3n) is 3.31. The van der Waals surface area contributed by atoms with Crippen LogP contribution in [-0.2, 0) is 0 Å². The second-order valence-electron chi connectivity index (χ2n) is 4.39. The fourth-order valence-electron chi connectivity index (χ4n) is 2.26. The van der Waals surface area contributed by atoms with E-state index in [1.165, 1.54) is 12.1 Å². The number of benzene rings is 1. The van der Waals surface area contributed by atoms with Crippen molar-refractivity contribution in [2.45, 2.75) is 24.3 Å². The standard InChI is InChI=1S/C11H14N2O5/c14-5-8-10(15)11(16)9(12-8)6-1-3-7(4-2-6)13(17)18/h1-4,8-12,14-16H,5H2/p+1/t8-,9+,10?,11?/m1/s1. The molecule has 4 atom stereocenters. The molecule has 1 aromatic rings. The molecule has 1 aliphatic rings. The molecular weight excluding hydrogens is 240 g/mol. The first kappa shape index (κ1) is 12.9. The van der Waals surface area contributed by atoms with E-state index in [9.17, 15) is 20.3 Å². The number of hydrogen-bond acceptors (Lipinski definition) is 5. The molecule has 0 aromatic heterocycles. The number of rotatable bonds is 3. The fraction of sp³-hybridized carbons (Fsp3) is 0.455. The summed E-state index contributed by atoms with van der Waals surface area (Å²) in [5, 5.41) is 40.8. The first-order chi connectivity index (χ1) is 8.54. The minimum absolute atomic E-state index is 0.0227. The SMILES string of the molecule is O=[N+]([O-])c1ccc([C@@H]2[NH2+][C@H](CO)C(O)C2O)cc1. The molecule has 2 unspecified atom stereocenters. The molecule has 0 aliphatic carbocycles. The molecular formula is C11H15N2O5+. The minimum atomic E-state index is -1.00. The van der Waals surface area contributed by atoms with Crippen molar-refractivity contribution in [3.8, 4) is 0 Å². The van der Waals surface area contributed by atoms with Gasteiger partial charge in [0, 0.05) is 17.7 Å². The Kier molecular flexibility index (Phi) is 3.58. The number of nitrogens with two attached hydrogens (primary N) is 1. The highest BCUT2D eigenvalue weighted by Gasteiger charge is 2.45. The van der Waals surface area contributed by atoms with Gasteiger partial charge in [0.05, 0.1) is 11.5 Å². The Hall–Kier alpha value is -1.54. The van der Waals surface area contributed by atoms with Crippen LogP contribution in [0.25, 0.3) is 0 Å². The highest BCUT2D eigenvalue weighted by atomic mass is 16.6. The summed E-state index contributed by atoms with van der Waals surface area (Å²) >= 11 is 0. The third kappa shape index (κ3) is 2.21. The Labute approximate surface area is 103 Å². The van der Waals surface area contributed by atoms with Gasteiger partial charge in [0.1, 0.15) is 24.3 Å². The van der Waals surface area contributed by atoms with Gasteiger partial charge in [-0.3, -0.25) is 10.1 Å². The molecule has 1 fully saturated rings. The van der Waals surface area contributed by atoms with Gasteiger partial charge in [0.25, 0.3) is 5.69 Å². The van der Waals surface area contributed by atoms with E-state index >= 15 is 0 Å². The first-order valence-electron chi connectivity index (χ1n) is 5.61. The van der Waals surface area contributed by atoms with Crippen LogP contribution in [0.1, 0.15) is 11.6 Å². The van der Waals surface area contributed by atoms with Gasteiger partial charge in [-0.15, -0.1) is 0 Å². The zero-order chi connectivity index (χ0) is 13.3. The van der Waals surface area contributed by atoms with Crippen LogP contribution in [0.2, 0.25) is 0 Å². The van der Waals surface area contributed by atoms with Crippen molar-refractivity contribution < 1.29 is 25.6 Å². The molecule has 0 bridgehead atoms. The third-order valence-corrected chi connectivity index (χ3v) is 3.31. The van der Waals surface area contributed by atoms with E-state index in [1.807, 2.05) is 0 Å². The van der Waals surface area contributed by atoms with Crippen LogP contribution in [0.5, 0.6) is 0 Å². The molecule has 1 heterocycles. The Morgan fingerprint density at radius 1 is 1.22 bits per heavy atom. The van der Waals surface area contributed by atoms with Crippen molar-refractivity contribution in [3.05, 3.63) is 39.9 Å². The molecule has 7 nitrogen and oxygen atoms in total. The molecule has 2 rings (SSSR count). The second-order valence-corrected chi connectivity index (χ2v) is 4.39. The van der Waals surface area contributed by atoms with Crippen LogP contribution in [-0.4, -0.2) is 45.1 Å². The van der Waals surface area contributed by atoms with Crippen molar-refractivity contribution >= 4 is 5.69 Å². The number of non-ortho nitro benzene ring substituents is 1. The van der Waals surface area contributed by atoms with E-state index in [4.69, 9.17) is 5.11 Å². The lowest BCUT2D eigenvalue weighted by Gasteiger charge is -2.12. The van der Waals surface area contributed by atoms with Gasteiger partial charge in [0.15, 0.2) is 0 Å². The average Bonchev–Trinajstić information content (AvgIpc) is 2.66. The van der Waals surface area contributed by atoms with Crippen molar-refractivity contribution in [2.75, 3.05) is 6.61 Å². The van der Waals surface area contributed by atoms with Crippen molar-refractivity contribution in [1.82, 2.24) is 0 Å². The van der Waals surface area contributed by atoms with Gasteiger partial charge in [0.2, 0.25) is 0 Å². The molecule has 0 saturated carbocycles. The summed E-state index contributed by atoms with van der Waals surface area (Å²) in [6.45, 7) is -0.234. The number of nitro groups is 1. The smallest absolute Gasteiger partial charge is 0.269 e. The van der Waals surface area contributed by atoms with Crippen molar-refractivity contribution in [1.29, 1.82) is 0 Å². The fourth-order valence-corrected chi connectivity index (χ4v) is 2.26. The summed E-state index contributed by atoms with van der Waals surface area (Å²) in [7, 11) is 0. The van der Waals surface area contributed by atoms with Gasteiger partial charge in [-0.1, -0.05) is 0 Å². The van der Waals surface area contributed by atoms with Crippen LogP contribution >= 0.6 is 0 Å². The Morgan fingerprint density at radius 3 is 2.28 bits per heavy atom. The van der Waals surface area contributed by atoms with Crippen LogP contribution in [0, 0.1) is 10.1 Å². The summed E-state index contributed by atoms with van der Waals surface area (Å²) in [6, 6.07) is 4.92. The quantitative estimate of drug-likeness (QED) is 0.379. The lowest BCUT2D eigenvalue weighted by atomic mass is 10.0. The molecule has 1 aromatic carbocycles. The average molecular weight is 255 g/mol. The summed E-state index contributed by atoms with van der Waals surface area (Å²) in [5.74, 6) is 0. The van der Waals surface area contributed by atoms with Crippen LogP contribution in [0.3, 0.4) is 0 Å². The Morgan fingerprint density at radius 2 is 1.83 bits per heavy atom. The maximum Gasteiger partial charge on any atom is 0.269 e. The summed E-state index contributed by atoms with van der Waals surface area (Å²) in [6.07, 6.45) is -2.00. The first-order valence-corrected chi connectivity index (χ1v) is 5.61. The number of nitro benzene ring substituents is 1. The van der Waals surface area contributed by atoms with E-state index in [2.05, 4.69) is 0 Å². The highest BCUT2D eigenvalue weighted by Crippen LogP contribution is 2.23. The van der Waals surface area contributed by atoms with Gasteiger partial charge >= 0.3 is 0 Å². The predicted octanol–water partition coefficient (Wildman–Crippen LogP) is -1.70. The summed E-state index contributed by atoms with van der Waals surface area (Å²) in [4.78, 5) is 10.0. The van der Waals surface area contributed by atoms with E-state index in [-0.39, 0.29) is 12.3 Å². The van der Waals surface area contributed by atoms with Gasteiger partial charge in [-0.2, -0.15) is 0 Å². The van der Waals surface area contributed by atoms with E-state index in [0.717, 1.165) is 0 Å². The van der Waals surface area contributed by atoms with Crippen molar-refractivity contribution in [2.24, 2.45) is 0 Å². The molecule has 5 N–H and O–H groups in total. The van der Waals surface area contributed by atoms with Crippen LogP contribution < -0.4 is 5.32 Å². The normalized spacial score (nSPS) is 31.5. The topological polar surface area (TPSA) is 120 Å². The zero-order valence-corrected chi connectivity index (χ0v) is 9.51. The number of nitrogens with zero attached hydrogens (tertiary/aromatic N) is 1. The lowest BCUT2D eigenvalue weighted by Crippen LogP contribution is -2.89. The van der Waals surface area contributed by atoms with Gasteiger partial charge in [-0.25, -0.2) is 0 Å². The van der Waals surface area contributed by atoms with Crippen LogP contribution in [0.15, 0.2) is 24.3 Å². The van der Waals surface area contributed by atoms with Gasteiger partial charge in [-0.05, 0) is 12.1 Å². The summed E-state index contributed by atoms with van der Waals surface area (Å²) < 4.78 is 0. The largest absolute Gasteiger partial charge is 0.390 e. The van der Waals surface area contributed by atoms with E-state index < -0.39 is 29.2 Å². The Bertz CT molecular complexity index is 436. The highest BCUT2D eigenvalue weighted by molar-refractivity contribution is 5.34. The molecule has 0 spiro atoms. The zero-order valence-electron chi connectivity index (χ0n) is 9.51. The van der Waals surface area contributed by atoms with E-state index in [0.29, 0.717) is 5.56 Å². The molecule has 7 heteroatoms. The molecule has 1 aliphatic heterocycles. The Balaban J connectivity index is 2.19. The number of quaternary nitrogens is 1. The van der Waals surface area contributed by atoms with Gasteiger partial charge < -0.3 is 20.6 Å². The maximum absolute atomic E-state index is 10.5. The number of aliphatic hydroxyl groups excluding tert-OH is 3. The monoisotopic (exact) mass is 255 g/mol. The molecule has 0 amide bonds. The van der Waals surface area contributed by atoms with Crippen molar-refractivity contribution in [3.63, 3.8) is 0 Å². The molecule has 1 saturated heterocycles. The second kappa shape index (κ2) is 4.99. The molecule has 0 radical (unpaired) electrons. The number of hydrogen-bond donors (Lipinski definition) is 4. The molecule has 18 heavy (non-hydrogen) atoms. The minimum Gasteiger partial charge on any atom is -0.390 e. The predicted molar refractivity (Wildman–Crippen MR) is 60.7 cm³/mol.